The van der Waals surface area contributed by atoms with Crippen LogP contribution in [0.3, 0.4) is 0 Å². The first kappa shape index (κ1) is 106. The molecule has 7 amide bonds. The third kappa shape index (κ3) is 45.9. The average molecular weight is 1700 g/mol. The fourth-order valence-electron chi connectivity index (χ4n) is 12.6. The van der Waals surface area contributed by atoms with Crippen LogP contribution in [-0.4, -0.2) is 353 Å². The van der Waals surface area contributed by atoms with Gasteiger partial charge in [0.15, 0.2) is 18.9 Å². The Labute approximate surface area is 687 Å². The first-order chi connectivity index (χ1) is 56.7. The second-order valence-electron chi connectivity index (χ2n) is 29.2. The third-order valence-corrected chi connectivity index (χ3v) is 19.0. The number of carbonyl (C=O) groups is 11. The van der Waals surface area contributed by atoms with Crippen molar-refractivity contribution in [2.24, 2.45) is 5.11 Å². The molecule has 0 radical (unpaired) electrons. The second-order valence-corrected chi connectivity index (χ2v) is 29.2. The van der Waals surface area contributed by atoms with Crippen molar-refractivity contribution in [2.45, 2.75) is 272 Å². The van der Waals surface area contributed by atoms with Crippen LogP contribution >= 0.6 is 0 Å². The van der Waals surface area contributed by atoms with Gasteiger partial charge in [-0.2, -0.15) is 0 Å². The molecule has 42 heteroatoms. The molecule has 118 heavy (non-hydrogen) atoms. The van der Waals surface area contributed by atoms with E-state index in [1.807, 2.05) is 0 Å². The SMILES string of the molecule is CC(=O)NC1C(OCCCCC(=O)CCCCCC(=O)CCOCC(COCCC(=O)CCCCCC(=O)CCCCOC2OC(CO)C(O)C(O)C2NC(C)=O)(COCCC(=O)NCCCNC(=O)CCCCOC2OC(CO)C(O)C(O)C2NC(C)=O)NC(=O)CC(=O)NCCOCCOCCOCCN=[N+]=N)OC(CO)C(O)C1O. The summed E-state index contributed by atoms with van der Waals surface area (Å²) in [5.74, 6) is -3.91. The summed E-state index contributed by atoms with van der Waals surface area (Å²) in [6.07, 6.45) is -8.97. The molecule has 17 N–H and O–H groups in total. The summed E-state index contributed by atoms with van der Waals surface area (Å²) in [7, 11) is 0. The Balaban J connectivity index is 1.59. The summed E-state index contributed by atoms with van der Waals surface area (Å²) < 4.78 is 68.4. The Hall–Kier alpha value is -6.56. The lowest BCUT2D eigenvalue weighted by Gasteiger charge is -2.42. The first-order valence-corrected chi connectivity index (χ1v) is 40.9. The number of nitrogens with one attached hydrogen (secondary N) is 8. The van der Waals surface area contributed by atoms with Gasteiger partial charge in [-0.1, -0.05) is 12.8 Å². The molecule has 3 heterocycles. The van der Waals surface area contributed by atoms with E-state index in [0.29, 0.717) is 90.1 Å². The topological polar surface area (TPSA) is 615 Å². The zero-order chi connectivity index (χ0) is 86.9. The Bertz CT molecular complexity index is 2720. The van der Waals surface area contributed by atoms with Crippen LogP contribution in [0.25, 0.3) is 0 Å². The first-order valence-electron chi connectivity index (χ1n) is 40.9. The molecule has 3 rings (SSSR count). The van der Waals surface area contributed by atoms with Crippen molar-refractivity contribution >= 4 is 64.5 Å². The zero-order valence-corrected chi connectivity index (χ0v) is 68.5. The maximum absolute atomic E-state index is 13.9. The zero-order valence-electron chi connectivity index (χ0n) is 68.5. The van der Waals surface area contributed by atoms with Crippen LogP contribution in [0.5, 0.6) is 0 Å². The monoisotopic (exact) mass is 1700 g/mol. The number of hydrogen-bond acceptors (Lipinski definition) is 34. The van der Waals surface area contributed by atoms with Crippen molar-refractivity contribution in [3.63, 3.8) is 0 Å². The van der Waals surface area contributed by atoms with Crippen LogP contribution in [0, 0.1) is 5.53 Å². The maximum Gasteiger partial charge on any atom is 0.230 e. The predicted octanol–water partition coefficient (Wildman–Crippen LogP) is -3.64. The number of Topliss-reactive ketones (excluding diaryl/α,β-unsaturated/α-hetero) is 4. The standard InChI is InChI=1S/C76H132N10O32/c1-50(90)82-64-70(104)67(101)57(44-87)116-73(64)113-31-13-10-21-53(93)17-6-4-8-19-55(95)24-34-110-47-76(85-63(100)43-62(99)80-29-37-107-39-41-109-42-40-108-38-30-81-86-77,48-111-35-25-56(96)20-9-5-7-18-54(94)22-11-14-32-114-74-65(83-51(2)91)71(105)68(102)58(45-88)117-74)49-112-36-26-61(98)79-28-16-27-78-60(97)23-12-15-33-115-75-66(84-52(3)92)72(106)69(103)59(46-89)118-75/h57-59,64-75,77,87-89,101-106H,4-49H2,1-3H3,(H6-,78,79,80,82,83,84,85,90,91,92,97,98,99,100)/p+1. The summed E-state index contributed by atoms with van der Waals surface area (Å²) in [5.41, 5.74) is 5.09. The van der Waals surface area contributed by atoms with Crippen LogP contribution in [0.15, 0.2) is 5.11 Å². The van der Waals surface area contributed by atoms with Gasteiger partial charge in [0.2, 0.25) is 46.3 Å². The van der Waals surface area contributed by atoms with Crippen molar-refractivity contribution in [1.82, 2.24) is 42.1 Å². The van der Waals surface area contributed by atoms with Crippen molar-refractivity contribution < 1.29 is 156 Å². The van der Waals surface area contributed by atoms with Gasteiger partial charge in [-0.15, -0.1) is 0 Å². The average Bonchev–Trinajstić information content (AvgIpc) is 0.822. The number of aliphatic hydroxyl groups excluding tert-OH is 9. The van der Waals surface area contributed by atoms with E-state index in [0.717, 1.165) is 0 Å². The van der Waals surface area contributed by atoms with E-state index < -0.39 is 159 Å². The van der Waals surface area contributed by atoms with Crippen molar-refractivity contribution in [1.29, 1.82) is 5.53 Å². The van der Waals surface area contributed by atoms with Gasteiger partial charge in [0.05, 0.1) is 99.1 Å². The summed E-state index contributed by atoms with van der Waals surface area (Å²) in [5, 5.41) is 113. The van der Waals surface area contributed by atoms with E-state index in [2.05, 4.69) is 47.2 Å². The third-order valence-electron chi connectivity index (χ3n) is 19.0. The van der Waals surface area contributed by atoms with Gasteiger partial charge >= 0.3 is 0 Å². The Morgan fingerprint density at radius 1 is 0.356 bits per heavy atom. The Morgan fingerprint density at radius 3 is 1.06 bits per heavy atom. The highest BCUT2D eigenvalue weighted by Crippen LogP contribution is 2.26. The molecule has 678 valence electrons. The highest BCUT2D eigenvalue weighted by atomic mass is 16.7. The fourth-order valence-corrected chi connectivity index (χ4v) is 12.6. The molecule has 3 aliphatic rings. The molecule has 0 saturated carbocycles. The number of aliphatic hydroxyl groups is 9. The maximum atomic E-state index is 13.9. The van der Waals surface area contributed by atoms with E-state index in [1.54, 1.807) is 0 Å². The van der Waals surface area contributed by atoms with Crippen LogP contribution in [0.1, 0.15) is 175 Å². The van der Waals surface area contributed by atoms with E-state index >= 15 is 0 Å². The summed E-state index contributed by atoms with van der Waals surface area (Å²) in [6, 6.07) is -3.28. The molecule has 0 aromatic carbocycles. The molecule has 0 aromatic rings. The fraction of sp³-hybridized carbons (Fsp3) is 0.855. The molecule has 3 fully saturated rings. The molecule has 0 aliphatic carbocycles. The van der Waals surface area contributed by atoms with Gasteiger partial charge in [-0.25, -0.2) is 0 Å². The van der Waals surface area contributed by atoms with Gasteiger partial charge in [-0.3, -0.25) is 52.7 Å². The predicted molar refractivity (Wildman–Crippen MR) is 412 cm³/mol. The summed E-state index contributed by atoms with van der Waals surface area (Å²) in [6.45, 7) is 2.72. The Morgan fingerprint density at radius 2 is 0.686 bits per heavy atom. The lowest BCUT2D eigenvalue weighted by atomic mass is 9.97. The lowest BCUT2D eigenvalue weighted by Crippen LogP contribution is -2.64. The molecule has 15 unspecified atom stereocenters. The number of ether oxygens (including phenoxy) is 12. The molecule has 0 spiro atoms. The lowest BCUT2D eigenvalue weighted by molar-refractivity contribution is -0.270. The van der Waals surface area contributed by atoms with Crippen LogP contribution in [0.4, 0.5) is 0 Å². The minimum Gasteiger partial charge on any atom is -0.394 e. The van der Waals surface area contributed by atoms with Gasteiger partial charge in [-0.05, 0) is 70.6 Å². The number of carbonyl (C=O) groups excluding carboxylic acids is 11. The molecule has 0 bridgehead atoms. The van der Waals surface area contributed by atoms with Crippen LogP contribution in [0.2, 0.25) is 0 Å². The highest BCUT2D eigenvalue weighted by Gasteiger charge is 2.48. The van der Waals surface area contributed by atoms with Crippen molar-refractivity contribution in [3.8, 4) is 0 Å². The van der Waals surface area contributed by atoms with E-state index in [9.17, 15) is 98.7 Å². The number of hydrogen-bond donors (Lipinski definition) is 17. The molecular formula is C76H133N10O32+. The molecule has 15 atom stereocenters. The number of amides is 7. The molecule has 3 aliphatic heterocycles. The van der Waals surface area contributed by atoms with Crippen LogP contribution in [-0.2, 0) is 110 Å². The minimum absolute atomic E-state index is 0.00390. The smallest absolute Gasteiger partial charge is 0.230 e. The van der Waals surface area contributed by atoms with Gasteiger partial charge < -0.3 is 140 Å². The number of unbranched alkanes of at least 4 members (excludes halogenated alkanes) is 7. The number of rotatable bonds is 70. The largest absolute Gasteiger partial charge is 0.394 e. The van der Waals surface area contributed by atoms with E-state index in [-0.39, 0.29) is 212 Å². The molecule has 42 nitrogen and oxygen atoms in total. The second kappa shape index (κ2) is 63.4. The van der Waals surface area contributed by atoms with E-state index in [4.69, 9.17) is 62.4 Å². The van der Waals surface area contributed by atoms with Gasteiger partial charge in [0.1, 0.15) is 125 Å². The minimum atomic E-state index is -1.58. The molecular weight excluding hydrogens is 1560 g/mol. The number of nitrogens with zero attached hydrogens (tertiary/aromatic N) is 2. The quantitative estimate of drug-likeness (QED) is 0.0121. The molecule has 0 aromatic heterocycles. The summed E-state index contributed by atoms with van der Waals surface area (Å²) >= 11 is 0. The number of ketones is 4. The van der Waals surface area contributed by atoms with Crippen molar-refractivity contribution in [3.05, 3.63) is 0 Å². The Kier molecular flexibility index (Phi) is 56.8. The van der Waals surface area contributed by atoms with Gasteiger partial charge in [0.25, 0.3) is 0 Å². The van der Waals surface area contributed by atoms with Crippen LogP contribution < -0.4 is 42.1 Å². The van der Waals surface area contributed by atoms with E-state index in [1.165, 1.54) is 20.8 Å². The highest BCUT2D eigenvalue weighted by molar-refractivity contribution is 5.97. The normalized spacial score (nSPS) is 23.5. The van der Waals surface area contributed by atoms with Gasteiger partial charge in [0, 0.05) is 124 Å². The van der Waals surface area contributed by atoms with Crippen molar-refractivity contribution in [2.75, 3.05) is 145 Å². The summed E-state index contributed by atoms with van der Waals surface area (Å²) in [4.78, 5) is 143. The molecule has 3 saturated heterocycles.